The van der Waals surface area contributed by atoms with Crippen molar-refractivity contribution in [1.82, 2.24) is 19.4 Å². The second kappa shape index (κ2) is 12.1. The topological polar surface area (TPSA) is 131 Å². The molecule has 1 atom stereocenters. The minimum Gasteiger partial charge on any atom is -0.497 e. The van der Waals surface area contributed by atoms with Crippen LogP contribution < -0.4 is 14.8 Å². The lowest BCUT2D eigenvalue weighted by molar-refractivity contribution is -0.140. The van der Waals surface area contributed by atoms with Crippen LogP contribution in [0.15, 0.2) is 72.1 Å². The Bertz CT molecular complexity index is 1630. The number of hydrogen-bond donors (Lipinski definition) is 1. The summed E-state index contributed by atoms with van der Waals surface area (Å²) in [5.74, 6) is -2.62. The summed E-state index contributed by atoms with van der Waals surface area (Å²) in [6.45, 7) is -1.06. The number of aromatic nitrogens is 2. The van der Waals surface area contributed by atoms with Crippen molar-refractivity contribution < 1.29 is 33.0 Å². The third-order valence-electron chi connectivity index (χ3n) is 6.67. The zero-order valence-electron chi connectivity index (χ0n) is 22.4. The van der Waals surface area contributed by atoms with Crippen LogP contribution in [0.3, 0.4) is 0 Å². The molecule has 0 radical (unpaired) electrons. The maximum Gasteiger partial charge on any atom is 0.262 e. The highest BCUT2D eigenvalue weighted by Crippen LogP contribution is 2.32. The molecule has 4 amide bonds. The number of nitrogens with one attached hydrogen (secondary N) is 1. The minimum atomic E-state index is -1.42. The number of hydrogen-bond acceptors (Lipinski definition) is 9. The number of ether oxygens (including phenoxy) is 2. The van der Waals surface area contributed by atoms with Crippen LogP contribution in [0.5, 0.6) is 11.5 Å². The van der Waals surface area contributed by atoms with Gasteiger partial charge in [0.2, 0.25) is 5.91 Å². The van der Waals surface area contributed by atoms with E-state index in [-0.39, 0.29) is 40.4 Å². The van der Waals surface area contributed by atoms with Gasteiger partial charge in [-0.05, 0) is 41.9 Å². The number of methoxy groups -OCH3 is 2. The standard InChI is InChI=1S/C29H24FN5O6S/c1-40-18-11-12-22(24(13-18)41-2)31-27(37)26(23-16-42-33-32-23)34(14-17-7-3-6-10-21(17)30)25(36)15-35-28(38)19-8-4-5-9-20(19)29(35)39/h3-13,16,26H,14-15H2,1-2H3,(H,31,37)/t26-/m1/s1. The molecule has 0 spiro atoms. The van der Waals surface area contributed by atoms with Gasteiger partial charge in [0.25, 0.3) is 17.7 Å². The molecule has 0 unspecified atom stereocenters. The van der Waals surface area contributed by atoms with E-state index in [9.17, 15) is 23.6 Å². The number of rotatable bonds is 10. The van der Waals surface area contributed by atoms with Crippen molar-refractivity contribution in [2.75, 3.05) is 26.1 Å². The molecule has 42 heavy (non-hydrogen) atoms. The van der Waals surface area contributed by atoms with Gasteiger partial charge < -0.3 is 19.7 Å². The maximum atomic E-state index is 14.8. The van der Waals surface area contributed by atoms with Gasteiger partial charge in [-0.15, -0.1) is 5.10 Å². The van der Waals surface area contributed by atoms with Gasteiger partial charge in [0.1, 0.15) is 29.6 Å². The van der Waals surface area contributed by atoms with Gasteiger partial charge in [-0.25, -0.2) is 4.39 Å². The van der Waals surface area contributed by atoms with E-state index in [2.05, 4.69) is 14.9 Å². The predicted molar refractivity (Wildman–Crippen MR) is 150 cm³/mol. The van der Waals surface area contributed by atoms with E-state index in [0.717, 1.165) is 21.3 Å². The average molecular weight is 590 g/mol. The highest BCUT2D eigenvalue weighted by molar-refractivity contribution is 7.03. The Morgan fingerprint density at radius 1 is 1.00 bits per heavy atom. The van der Waals surface area contributed by atoms with Crippen molar-refractivity contribution in [3.63, 3.8) is 0 Å². The lowest BCUT2D eigenvalue weighted by Crippen LogP contribution is -2.47. The van der Waals surface area contributed by atoms with Crippen molar-refractivity contribution >= 4 is 40.8 Å². The minimum absolute atomic E-state index is 0.108. The van der Waals surface area contributed by atoms with Gasteiger partial charge in [-0.2, -0.15) is 0 Å². The summed E-state index contributed by atoms with van der Waals surface area (Å²) < 4.78 is 29.3. The molecule has 1 aliphatic heterocycles. The molecule has 13 heteroatoms. The molecule has 1 N–H and O–H groups in total. The van der Waals surface area contributed by atoms with E-state index in [1.165, 1.54) is 49.9 Å². The number of carbonyl (C=O) groups is 4. The normalized spacial score (nSPS) is 13.0. The fourth-order valence-electron chi connectivity index (χ4n) is 4.57. The van der Waals surface area contributed by atoms with E-state index < -0.39 is 42.0 Å². The first-order valence-electron chi connectivity index (χ1n) is 12.6. The van der Waals surface area contributed by atoms with Gasteiger partial charge in [0.05, 0.1) is 31.0 Å². The monoisotopic (exact) mass is 589 g/mol. The van der Waals surface area contributed by atoms with Crippen molar-refractivity contribution in [3.05, 3.63) is 100 Å². The average Bonchev–Trinajstić information content (AvgIpc) is 3.61. The van der Waals surface area contributed by atoms with Crippen molar-refractivity contribution in [3.8, 4) is 11.5 Å². The fraction of sp³-hybridized carbons (Fsp3) is 0.172. The van der Waals surface area contributed by atoms with Crippen molar-refractivity contribution in [1.29, 1.82) is 0 Å². The van der Waals surface area contributed by atoms with E-state index in [4.69, 9.17) is 9.47 Å². The smallest absolute Gasteiger partial charge is 0.262 e. The number of carbonyl (C=O) groups excluding carboxylic acids is 4. The van der Waals surface area contributed by atoms with E-state index in [1.807, 2.05) is 0 Å². The summed E-state index contributed by atoms with van der Waals surface area (Å²) in [7, 11) is 2.90. The molecule has 1 aliphatic rings. The van der Waals surface area contributed by atoms with Crippen molar-refractivity contribution in [2.24, 2.45) is 0 Å². The van der Waals surface area contributed by atoms with E-state index >= 15 is 0 Å². The first-order valence-corrected chi connectivity index (χ1v) is 13.4. The van der Waals surface area contributed by atoms with Crippen LogP contribution in [0, 0.1) is 5.82 Å². The first kappa shape index (κ1) is 28.4. The van der Waals surface area contributed by atoms with Gasteiger partial charge >= 0.3 is 0 Å². The Hall–Kier alpha value is -5.17. The highest BCUT2D eigenvalue weighted by atomic mass is 32.1. The number of benzene rings is 3. The van der Waals surface area contributed by atoms with E-state index in [1.54, 1.807) is 36.4 Å². The third-order valence-corrected chi connectivity index (χ3v) is 7.20. The van der Waals surface area contributed by atoms with Gasteiger partial charge in [-0.3, -0.25) is 24.1 Å². The molecule has 214 valence electrons. The number of halogens is 1. The van der Waals surface area contributed by atoms with Crippen LogP contribution in [0.4, 0.5) is 10.1 Å². The van der Waals surface area contributed by atoms with Crippen LogP contribution in [0.25, 0.3) is 0 Å². The van der Waals surface area contributed by atoms with Crippen molar-refractivity contribution in [2.45, 2.75) is 12.6 Å². The summed E-state index contributed by atoms with van der Waals surface area (Å²) in [4.78, 5) is 55.8. The zero-order chi connectivity index (χ0) is 29.8. The number of imide groups is 1. The maximum absolute atomic E-state index is 14.8. The van der Waals surface area contributed by atoms with Crippen LogP contribution in [-0.4, -0.2) is 63.8 Å². The summed E-state index contributed by atoms with van der Waals surface area (Å²) in [5, 5.41) is 8.26. The van der Waals surface area contributed by atoms with Crippen LogP contribution in [-0.2, 0) is 16.1 Å². The summed E-state index contributed by atoms with van der Waals surface area (Å²) in [5.41, 5.74) is 0.824. The molecule has 11 nitrogen and oxygen atoms in total. The lowest BCUT2D eigenvalue weighted by Gasteiger charge is -2.31. The molecule has 2 heterocycles. The largest absolute Gasteiger partial charge is 0.497 e. The highest BCUT2D eigenvalue weighted by Gasteiger charge is 2.40. The molecular weight excluding hydrogens is 565 g/mol. The second-order valence-corrected chi connectivity index (χ2v) is 9.75. The summed E-state index contributed by atoms with van der Waals surface area (Å²) in [6.07, 6.45) is 0. The Morgan fingerprint density at radius 3 is 2.31 bits per heavy atom. The molecule has 4 aromatic rings. The SMILES string of the molecule is COc1ccc(NC(=O)[C@@H](c2csnn2)N(Cc2ccccc2F)C(=O)CN2C(=O)c3ccccc3C2=O)c(OC)c1. The second-order valence-electron chi connectivity index (χ2n) is 9.14. The first-order chi connectivity index (χ1) is 20.3. The lowest BCUT2D eigenvalue weighted by atomic mass is 10.1. The molecule has 0 saturated heterocycles. The van der Waals surface area contributed by atoms with Crippen LogP contribution >= 0.6 is 11.5 Å². The number of fused-ring (bicyclic) bond motifs is 1. The number of anilines is 1. The summed E-state index contributed by atoms with van der Waals surface area (Å²) in [6, 6.07) is 15.3. The molecule has 0 aliphatic carbocycles. The molecule has 5 rings (SSSR count). The quantitative estimate of drug-likeness (QED) is 0.277. The Morgan fingerprint density at radius 2 is 1.69 bits per heavy atom. The zero-order valence-corrected chi connectivity index (χ0v) is 23.3. The molecule has 3 aromatic carbocycles. The van der Waals surface area contributed by atoms with Gasteiger partial charge in [0.15, 0.2) is 6.04 Å². The predicted octanol–water partition coefficient (Wildman–Crippen LogP) is 3.70. The Balaban J connectivity index is 1.52. The fourth-order valence-corrected chi connectivity index (χ4v) is 5.04. The Labute approximate surface area is 243 Å². The third kappa shape index (κ3) is 5.54. The number of amides is 4. The van der Waals surface area contributed by atoms with Crippen LogP contribution in [0.1, 0.15) is 38.0 Å². The van der Waals surface area contributed by atoms with Crippen LogP contribution in [0.2, 0.25) is 0 Å². The van der Waals surface area contributed by atoms with Gasteiger partial charge in [-0.1, -0.05) is 34.8 Å². The van der Waals surface area contributed by atoms with E-state index in [0.29, 0.717) is 5.75 Å². The molecule has 0 fully saturated rings. The Kier molecular flexibility index (Phi) is 8.20. The molecular formula is C29H24FN5O6S. The molecule has 0 bridgehead atoms. The molecule has 0 saturated carbocycles. The number of nitrogens with zero attached hydrogens (tertiary/aromatic N) is 4. The van der Waals surface area contributed by atoms with Gasteiger partial charge in [0, 0.05) is 23.6 Å². The molecule has 1 aromatic heterocycles. The summed E-state index contributed by atoms with van der Waals surface area (Å²) >= 11 is 0.955.